The van der Waals surface area contributed by atoms with E-state index in [4.69, 9.17) is 0 Å². The van der Waals surface area contributed by atoms with E-state index in [-0.39, 0.29) is 18.4 Å². The highest BCUT2D eigenvalue weighted by Crippen LogP contribution is 2.37. The molecule has 198 valence electrons. The summed E-state index contributed by atoms with van der Waals surface area (Å²) in [5.41, 5.74) is -3.49. The summed E-state index contributed by atoms with van der Waals surface area (Å²) in [6.07, 6.45) is -10.2. The molecule has 3 aromatic carbocycles. The Hall–Kier alpha value is -4.15. The molecule has 1 amide bonds. The van der Waals surface area contributed by atoms with Crippen LogP contribution in [0.3, 0.4) is 0 Å². The summed E-state index contributed by atoms with van der Waals surface area (Å²) < 4.78 is 82.1. The summed E-state index contributed by atoms with van der Waals surface area (Å²) in [6.45, 7) is 1.34. The van der Waals surface area contributed by atoms with Gasteiger partial charge in [0.1, 0.15) is 5.82 Å². The third kappa shape index (κ3) is 5.41. The van der Waals surface area contributed by atoms with E-state index in [9.17, 15) is 35.9 Å². The number of carbonyl (C=O) groups excluding carboxylic acids is 1. The van der Waals surface area contributed by atoms with Crippen LogP contribution in [0.2, 0.25) is 0 Å². The van der Waals surface area contributed by atoms with Crippen LogP contribution in [-0.2, 0) is 25.9 Å². The monoisotopic (exact) mass is 533 g/mol. The van der Waals surface area contributed by atoms with E-state index in [0.29, 0.717) is 28.6 Å². The number of halogens is 6. The zero-order valence-electron chi connectivity index (χ0n) is 20.1. The van der Waals surface area contributed by atoms with Crippen molar-refractivity contribution in [2.24, 2.45) is 7.05 Å². The molecule has 1 unspecified atom stereocenters. The standard InChI is InChI=1S/C27H21F6N3O2/c1-16(23-34-22-11-7-6-10-21(22)25(38)35(23)2)36(15-17-8-4-3-5-9-17)24(37)18-12-19(26(28,29)30)14-20(13-18)27(31,32)33/h3-14,16H,15H2,1-2H3. The average Bonchev–Trinajstić information content (AvgIpc) is 2.88. The summed E-state index contributed by atoms with van der Waals surface area (Å²) in [6, 6.07) is 14.7. The van der Waals surface area contributed by atoms with Gasteiger partial charge in [0.05, 0.1) is 28.1 Å². The second-order valence-electron chi connectivity index (χ2n) is 8.74. The maximum Gasteiger partial charge on any atom is 0.416 e. The van der Waals surface area contributed by atoms with Gasteiger partial charge in [-0.2, -0.15) is 26.3 Å². The molecule has 0 bridgehead atoms. The van der Waals surface area contributed by atoms with Gasteiger partial charge in [-0.15, -0.1) is 0 Å². The predicted octanol–water partition coefficient (Wildman–Crippen LogP) is 6.37. The van der Waals surface area contributed by atoms with Crippen molar-refractivity contribution >= 4 is 16.8 Å². The number of amides is 1. The van der Waals surface area contributed by atoms with E-state index in [2.05, 4.69) is 4.98 Å². The Kier molecular flexibility index (Phi) is 7.05. The van der Waals surface area contributed by atoms with Crippen molar-refractivity contribution in [2.45, 2.75) is 31.9 Å². The number of rotatable bonds is 5. The average molecular weight is 533 g/mol. The number of fused-ring (bicyclic) bond motifs is 1. The first-order chi connectivity index (χ1) is 17.8. The van der Waals surface area contributed by atoms with Crippen molar-refractivity contribution < 1.29 is 31.1 Å². The number of hydrogen-bond donors (Lipinski definition) is 0. The molecule has 0 N–H and O–H groups in total. The van der Waals surface area contributed by atoms with Crippen LogP contribution < -0.4 is 5.56 Å². The minimum Gasteiger partial charge on any atom is -0.324 e. The first-order valence-electron chi connectivity index (χ1n) is 11.4. The topological polar surface area (TPSA) is 55.2 Å². The van der Waals surface area contributed by atoms with Gasteiger partial charge >= 0.3 is 12.4 Å². The molecule has 38 heavy (non-hydrogen) atoms. The van der Waals surface area contributed by atoms with Crippen LogP contribution in [0.25, 0.3) is 10.9 Å². The lowest BCUT2D eigenvalue weighted by Crippen LogP contribution is -2.37. The normalized spacial score (nSPS) is 12.9. The third-order valence-corrected chi connectivity index (χ3v) is 6.15. The van der Waals surface area contributed by atoms with E-state index in [1.54, 1.807) is 54.6 Å². The Morgan fingerprint density at radius 1 is 0.895 bits per heavy atom. The molecule has 0 aliphatic heterocycles. The fourth-order valence-electron chi connectivity index (χ4n) is 4.16. The molecule has 0 radical (unpaired) electrons. The molecule has 1 heterocycles. The van der Waals surface area contributed by atoms with Crippen LogP contribution >= 0.6 is 0 Å². The zero-order chi connectivity index (χ0) is 27.8. The summed E-state index contributed by atoms with van der Waals surface area (Å²) in [7, 11) is 1.44. The number of carbonyl (C=O) groups is 1. The number of hydrogen-bond acceptors (Lipinski definition) is 3. The fraction of sp³-hybridized carbons (Fsp3) is 0.222. The van der Waals surface area contributed by atoms with Crippen LogP contribution in [0.5, 0.6) is 0 Å². The van der Waals surface area contributed by atoms with Crippen LogP contribution in [-0.4, -0.2) is 20.4 Å². The maximum atomic E-state index is 13.7. The molecule has 0 saturated carbocycles. The van der Waals surface area contributed by atoms with E-state index in [0.717, 1.165) is 4.90 Å². The summed E-state index contributed by atoms with van der Waals surface area (Å²) in [4.78, 5) is 32.2. The van der Waals surface area contributed by atoms with E-state index in [1.165, 1.54) is 18.5 Å². The lowest BCUT2D eigenvalue weighted by Gasteiger charge is -2.30. The van der Waals surface area contributed by atoms with Gasteiger partial charge in [0, 0.05) is 19.2 Å². The fourth-order valence-corrected chi connectivity index (χ4v) is 4.16. The van der Waals surface area contributed by atoms with Gasteiger partial charge < -0.3 is 4.90 Å². The van der Waals surface area contributed by atoms with Gasteiger partial charge in [-0.1, -0.05) is 42.5 Å². The van der Waals surface area contributed by atoms with Crippen LogP contribution in [0, 0.1) is 0 Å². The van der Waals surface area contributed by atoms with Crippen LogP contribution in [0.15, 0.2) is 77.6 Å². The molecular formula is C27H21F6N3O2. The van der Waals surface area contributed by atoms with Crippen molar-refractivity contribution in [3.8, 4) is 0 Å². The number of nitrogens with zero attached hydrogens (tertiary/aromatic N) is 3. The van der Waals surface area contributed by atoms with Crippen LogP contribution in [0.4, 0.5) is 26.3 Å². The zero-order valence-corrected chi connectivity index (χ0v) is 20.1. The smallest absolute Gasteiger partial charge is 0.324 e. The molecule has 0 aliphatic rings. The Bertz CT molecular complexity index is 1510. The Morgan fingerprint density at radius 2 is 1.45 bits per heavy atom. The Labute approximate surface area is 213 Å². The molecule has 11 heteroatoms. The molecule has 0 spiro atoms. The number of alkyl halides is 6. The van der Waals surface area contributed by atoms with Crippen LogP contribution in [0.1, 0.15) is 45.8 Å². The predicted molar refractivity (Wildman–Crippen MR) is 128 cm³/mol. The van der Waals surface area contributed by atoms with Crippen molar-refractivity contribution in [2.75, 3.05) is 0 Å². The lowest BCUT2D eigenvalue weighted by molar-refractivity contribution is -0.143. The largest absolute Gasteiger partial charge is 0.416 e. The van der Waals surface area contributed by atoms with Gasteiger partial charge in [0.2, 0.25) is 0 Å². The highest BCUT2D eigenvalue weighted by Gasteiger charge is 2.38. The summed E-state index contributed by atoms with van der Waals surface area (Å²) >= 11 is 0. The second-order valence-corrected chi connectivity index (χ2v) is 8.74. The SMILES string of the molecule is CC(c1nc2ccccc2c(=O)n1C)N(Cc1ccccc1)C(=O)c1cc(C(F)(F)F)cc(C(F)(F)F)c1. The van der Waals surface area contributed by atoms with Crippen molar-refractivity contribution in [1.29, 1.82) is 0 Å². The quantitative estimate of drug-likeness (QED) is 0.280. The molecule has 0 saturated heterocycles. The molecule has 4 rings (SSSR count). The van der Waals surface area contributed by atoms with Gasteiger partial charge in [-0.3, -0.25) is 14.2 Å². The van der Waals surface area contributed by atoms with E-state index >= 15 is 0 Å². The highest BCUT2D eigenvalue weighted by molar-refractivity contribution is 5.95. The summed E-state index contributed by atoms with van der Waals surface area (Å²) in [5, 5.41) is 0.319. The van der Waals surface area contributed by atoms with Crippen molar-refractivity contribution in [3.05, 3.63) is 111 Å². The Balaban J connectivity index is 1.88. The minimum absolute atomic E-state index is 0.0314. The van der Waals surface area contributed by atoms with Crippen molar-refractivity contribution in [3.63, 3.8) is 0 Å². The minimum atomic E-state index is -5.12. The van der Waals surface area contributed by atoms with Crippen molar-refractivity contribution in [1.82, 2.24) is 14.5 Å². The molecule has 4 aromatic rings. The first-order valence-corrected chi connectivity index (χ1v) is 11.4. The first kappa shape index (κ1) is 26.9. The number of para-hydroxylation sites is 1. The molecule has 0 fully saturated rings. The summed E-state index contributed by atoms with van der Waals surface area (Å²) in [5.74, 6) is -0.971. The van der Waals surface area contributed by atoms with Gasteiger partial charge in [0.25, 0.3) is 11.5 Å². The molecule has 1 aromatic heterocycles. The number of benzene rings is 3. The van der Waals surface area contributed by atoms with Gasteiger partial charge in [-0.05, 0) is 42.8 Å². The molecular weight excluding hydrogens is 512 g/mol. The number of aromatic nitrogens is 2. The van der Waals surface area contributed by atoms with E-state index in [1.807, 2.05) is 0 Å². The molecule has 0 aliphatic carbocycles. The van der Waals surface area contributed by atoms with Gasteiger partial charge in [-0.25, -0.2) is 4.98 Å². The molecule has 1 atom stereocenters. The third-order valence-electron chi connectivity index (χ3n) is 6.15. The van der Waals surface area contributed by atoms with E-state index < -0.39 is 46.6 Å². The van der Waals surface area contributed by atoms with Gasteiger partial charge in [0.15, 0.2) is 0 Å². The molecule has 5 nitrogen and oxygen atoms in total. The second kappa shape index (κ2) is 9.96. The highest BCUT2D eigenvalue weighted by atomic mass is 19.4. The Morgan fingerprint density at radius 3 is 2.03 bits per heavy atom. The lowest BCUT2D eigenvalue weighted by atomic mass is 10.0. The maximum absolute atomic E-state index is 13.7.